The van der Waals surface area contributed by atoms with Crippen molar-refractivity contribution >= 4 is 17.6 Å². The van der Waals surface area contributed by atoms with Gasteiger partial charge in [-0.05, 0) is 31.0 Å². The van der Waals surface area contributed by atoms with E-state index in [0.29, 0.717) is 18.1 Å². The standard InChI is InChI=1S/C12H15ClO3/c1-3-16-12(15)8(2)6-9-4-5-11(14)10(13)7-9/h4-5,7-8,14H,3,6H2,1-2H3. The lowest BCUT2D eigenvalue weighted by molar-refractivity contribution is -0.147. The molecule has 0 saturated carbocycles. The van der Waals surface area contributed by atoms with Gasteiger partial charge in [-0.2, -0.15) is 0 Å². The van der Waals surface area contributed by atoms with Crippen LogP contribution in [0.4, 0.5) is 0 Å². The molecule has 0 aliphatic heterocycles. The topological polar surface area (TPSA) is 46.5 Å². The van der Waals surface area contributed by atoms with E-state index in [4.69, 9.17) is 16.3 Å². The van der Waals surface area contributed by atoms with Crippen LogP contribution < -0.4 is 0 Å². The van der Waals surface area contributed by atoms with E-state index in [1.165, 1.54) is 6.07 Å². The van der Waals surface area contributed by atoms with Gasteiger partial charge < -0.3 is 9.84 Å². The number of rotatable bonds is 4. The lowest BCUT2D eigenvalue weighted by atomic mass is 10.0. The number of halogens is 1. The molecule has 0 bridgehead atoms. The summed E-state index contributed by atoms with van der Waals surface area (Å²) in [4.78, 5) is 11.4. The molecule has 0 spiro atoms. The third-order valence-corrected chi connectivity index (χ3v) is 2.55. The van der Waals surface area contributed by atoms with E-state index in [1.807, 2.05) is 0 Å². The van der Waals surface area contributed by atoms with Crippen LogP contribution in [0.15, 0.2) is 18.2 Å². The molecule has 1 unspecified atom stereocenters. The lowest BCUT2D eigenvalue weighted by Gasteiger charge is -2.10. The molecule has 16 heavy (non-hydrogen) atoms. The third kappa shape index (κ3) is 3.42. The van der Waals surface area contributed by atoms with Gasteiger partial charge in [0.05, 0.1) is 17.5 Å². The largest absolute Gasteiger partial charge is 0.506 e. The van der Waals surface area contributed by atoms with Crippen molar-refractivity contribution in [1.29, 1.82) is 0 Å². The number of phenols is 1. The lowest BCUT2D eigenvalue weighted by Crippen LogP contribution is -2.16. The molecule has 3 nitrogen and oxygen atoms in total. The van der Waals surface area contributed by atoms with Crippen LogP contribution in [0.25, 0.3) is 0 Å². The number of hydrogen-bond acceptors (Lipinski definition) is 3. The molecule has 0 saturated heterocycles. The number of carbonyl (C=O) groups excluding carboxylic acids is 1. The first-order valence-corrected chi connectivity index (χ1v) is 5.56. The predicted molar refractivity (Wildman–Crippen MR) is 62.6 cm³/mol. The highest BCUT2D eigenvalue weighted by Gasteiger charge is 2.14. The summed E-state index contributed by atoms with van der Waals surface area (Å²) in [5.74, 6) is -0.374. The molecule has 0 heterocycles. The molecular weight excluding hydrogens is 228 g/mol. The highest BCUT2D eigenvalue weighted by molar-refractivity contribution is 6.32. The summed E-state index contributed by atoms with van der Waals surface area (Å²) in [5.41, 5.74) is 0.906. The van der Waals surface area contributed by atoms with Crippen molar-refractivity contribution < 1.29 is 14.6 Å². The summed E-state index contributed by atoms with van der Waals surface area (Å²) >= 11 is 5.77. The smallest absolute Gasteiger partial charge is 0.308 e. The fraction of sp³-hybridized carbons (Fsp3) is 0.417. The molecule has 0 aliphatic rings. The predicted octanol–water partition coefficient (Wildman–Crippen LogP) is 2.79. The van der Waals surface area contributed by atoms with Crippen LogP contribution in [0, 0.1) is 5.92 Å². The molecule has 0 fully saturated rings. The Morgan fingerprint density at radius 3 is 2.81 bits per heavy atom. The van der Waals surface area contributed by atoms with Gasteiger partial charge in [0.15, 0.2) is 0 Å². The number of benzene rings is 1. The molecule has 0 aromatic heterocycles. The quantitative estimate of drug-likeness (QED) is 0.826. The second kappa shape index (κ2) is 5.75. The maximum Gasteiger partial charge on any atom is 0.308 e. The van der Waals surface area contributed by atoms with Crippen molar-refractivity contribution in [2.24, 2.45) is 5.92 Å². The van der Waals surface area contributed by atoms with Gasteiger partial charge in [0.1, 0.15) is 5.75 Å². The van der Waals surface area contributed by atoms with E-state index in [-0.39, 0.29) is 17.6 Å². The van der Waals surface area contributed by atoms with Crippen LogP contribution in [0.2, 0.25) is 5.02 Å². The van der Waals surface area contributed by atoms with Crippen molar-refractivity contribution in [2.75, 3.05) is 6.61 Å². The Hall–Kier alpha value is -1.22. The van der Waals surface area contributed by atoms with Crippen molar-refractivity contribution in [2.45, 2.75) is 20.3 Å². The van der Waals surface area contributed by atoms with Gasteiger partial charge >= 0.3 is 5.97 Å². The first-order valence-electron chi connectivity index (χ1n) is 5.18. The zero-order valence-electron chi connectivity index (χ0n) is 9.37. The third-order valence-electron chi connectivity index (χ3n) is 2.24. The maximum absolute atomic E-state index is 11.4. The molecule has 0 amide bonds. The van der Waals surface area contributed by atoms with E-state index in [0.717, 1.165) is 5.56 Å². The summed E-state index contributed by atoms with van der Waals surface area (Å²) in [6, 6.07) is 4.93. The summed E-state index contributed by atoms with van der Waals surface area (Å²) in [5, 5.41) is 9.55. The summed E-state index contributed by atoms with van der Waals surface area (Å²) < 4.78 is 4.91. The Kier molecular flexibility index (Phi) is 4.62. The van der Waals surface area contributed by atoms with Crippen molar-refractivity contribution in [1.82, 2.24) is 0 Å². The normalized spacial score (nSPS) is 12.2. The molecule has 4 heteroatoms. The molecular formula is C12H15ClO3. The number of phenolic OH excluding ortho intramolecular Hbond substituents is 1. The van der Waals surface area contributed by atoms with Gasteiger partial charge in [-0.3, -0.25) is 4.79 Å². The Morgan fingerprint density at radius 2 is 2.25 bits per heavy atom. The average molecular weight is 243 g/mol. The van der Waals surface area contributed by atoms with Gasteiger partial charge in [-0.25, -0.2) is 0 Å². The van der Waals surface area contributed by atoms with Crippen LogP contribution >= 0.6 is 11.6 Å². The minimum absolute atomic E-state index is 0.0502. The van der Waals surface area contributed by atoms with Crippen LogP contribution in [0.5, 0.6) is 5.75 Å². The Bertz CT molecular complexity index is 377. The summed E-state index contributed by atoms with van der Waals surface area (Å²) in [6.07, 6.45) is 0.554. The molecule has 1 rings (SSSR count). The van der Waals surface area contributed by atoms with Gasteiger partial charge in [0.2, 0.25) is 0 Å². The number of carbonyl (C=O) groups is 1. The summed E-state index contributed by atoms with van der Waals surface area (Å²) in [6.45, 7) is 3.97. The summed E-state index contributed by atoms with van der Waals surface area (Å²) in [7, 11) is 0. The Labute approximate surface area is 100.0 Å². The molecule has 1 aromatic rings. The van der Waals surface area contributed by atoms with Crippen LogP contribution in [0.3, 0.4) is 0 Å². The molecule has 1 atom stereocenters. The fourth-order valence-corrected chi connectivity index (χ4v) is 1.60. The minimum Gasteiger partial charge on any atom is -0.506 e. The van der Waals surface area contributed by atoms with E-state index >= 15 is 0 Å². The van der Waals surface area contributed by atoms with Gasteiger partial charge in [-0.15, -0.1) is 0 Å². The zero-order valence-corrected chi connectivity index (χ0v) is 10.1. The van der Waals surface area contributed by atoms with Crippen molar-refractivity contribution in [3.05, 3.63) is 28.8 Å². The Balaban J connectivity index is 2.66. The monoisotopic (exact) mass is 242 g/mol. The maximum atomic E-state index is 11.4. The van der Waals surface area contributed by atoms with Crippen LogP contribution in [-0.2, 0) is 16.0 Å². The van der Waals surface area contributed by atoms with Gasteiger partial charge in [0.25, 0.3) is 0 Å². The van der Waals surface area contributed by atoms with E-state index in [2.05, 4.69) is 0 Å². The van der Waals surface area contributed by atoms with Crippen molar-refractivity contribution in [3.8, 4) is 5.75 Å². The van der Waals surface area contributed by atoms with E-state index < -0.39 is 0 Å². The first kappa shape index (κ1) is 12.8. The fourth-order valence-electron chi connectivity index (χ4n) is 1.40. The van der Waals surface area contributed by atoms with E-state index in [9.17, 15) is 9.90 Å². The SMILES string of the molecule is CCOC(=O)C(C)Cc1ccc(O)c(Cl)c1. The molecule has 0 aliphatic carbocycles. The van der Waals surface area contributed by atoms with Gasteiger partial charge in [0, 0.05) is 0 Å². The highest BCUT2D eigenvalue weighted by Crippen LogP contribution is 2.24. The molecule has 1 N–H and O–H groups in total. The molecule has 88 valence electrons. The van der Waals surface area contributed by atoms with E-state index in [1.54, 1.807) is 26.0 Å². The zero-order chi connectivity index (χ0) is 12.1. The van der Waals surface area contributed by atoms with Crippen LogP contribution in [-0.4, -0.2) is 17.7 Å². The molecule has 1 aromatic carbocycles. The Morgan fingerprint density at radius 1 is 1.56 bits per heavy atom. The first-order chi connectivity index (χ1) is 7.54. The highest BCUT2D eigenvalue weighted by atomic mass is 35.5. The number of hydrogen-bond donors (Lipinski definition) is 1. The average Bonchev–Trinajstić information content (AvgIpc) is 2.24. The number of esters is 1. The van der Waals surface area contributed by atoms with Crippen molar-refractivity contribution in [3.63, 3.8) is 0 Å². The number of ether oxygens (including phenoxy) is 1. The van der Waals surface area contributed by atoms with Crippen LogP contribution in [0.1, 0.15) is 19.4 Å². The number of aromatic hydroxyl groups is 1. The minimum atomic E-state index is -0.216. The molecule has 0 radical (unpaired) electrons. The second-order valence-corrected chi connectivity index (χ2v) is 4.05. The second-order valence-electron chi connectivity index (χ2n) is 3.64. The van der Waals surface area contributed by atoms with Gasteiger partial charge in [-0.1, -0.05) is 24.6 Å².